The predicted octanol–water partition coefficient (Wildman–Crippen LogP) is -1.44. The van der Waals surface area contributed by atoms with Crippen LogP contribution >= 0.6 is 0 Å². The number of alkyl carbamates (subject to hydrolysis) is 1. The van der Waals surface area contributed by atoms with Crippen molar-refractivity contribution in [1.82, 2.24) is 10.2 Å². The fourth-order valence-electron chi connectivity index (χ4n) is 1.45. The molecule has 0 saturated carbocycles. The Bertz CT molecular complexity index is 258. The Morgan fingerprint density at radius 1 is 1.62 bits per heavy atom. The standard InChI is InChI=1S/C9H16N2O5/c1-15-9(14)10-8(13)4-11-2-3-16-6-7(11)5-12/h7,12H,2-6H2,1H3,(H,10,13,14). The van der Waals surface area contributed by atoms with Crippen molar-refractivity contribution in [1.29, 1.82) is 0 Å². The zero-order valence-electron chi connectivity index (χ0n) is 9.14. The first-order valence-corrected chi connectivity index (χ1v) is 4.97. The molecule has 1 aliphatic heterocycles. The number of hydrogen-bond acceptors (Lipinski definition) is 6. The van der Waals surface area contributed by atoms with E-state index in [9.17, 15) is 9.59 Å². The fraction of sp³-hybridized carbons (Fsp3) is 0.778. The molecule has 7 nitrogen and oxygen atoms in total. The summed E-state index contributed by atoms with van der Waals surface area (Å²) in [6.07, 6.45) is -0.779. The number of aliphatic hydroxyl groups excluding tert-OH is 1. The highest BCUT2D eigenvalue weighted by Crippen LogP contribution is 2.05. The molecule has 1 rings (SSSR count). The molecule has 2 amide bonds. The fourth-order valence-corrected chi connectivity index (χ4v) is 1.45. The first-order valence-electron chi connectivity index (χ1n) is 4.97. The molecule has 0 aromatic rings. The minimum atomic E-state index is -0.779. The lowest BCUT2D eigenvalue weighted by Gasteiger charge is -2.33. The molecule has 16 heavy (non-hydrogen) atoms. The third-order valence-corrected chi connectivity index (χ3v) is 2.33. The third kappa shape index (κ3) is 3.76. The zero-order chi connectivity index (χ0) is 12.0. The Hall–Kier alpha value is -1.18. The van der Waals surface area contributed by atoms with Gasteiger partial charge >= 0.3 is 6.09 Å². The van der Waals surface area contributed by atoms with Gasteiger partial charge in [-0.05, 0) is 0 Å². The van der Waals surface area contributed by atoms with Crippen LogP contribution in [0.25, 0.3) is 0 Å². The summed E-state index contributed by atoms with van der Waals surface area (Å²) in [5.74, 6) is -0.452. The molecular formula is C9H16N2O5. The molecule has 1 heterocycles. The van der Waals surface area contributed by atoms with E-state index >= 15 is 0 Å². The number of imide groups is 1. The average molecular weight is 232 g/mol. The van der Waals surface area contributed by atoms with E-state index < -0.39 is 12.0 Å². The van der Waals surface area contributed by atoms with Crippen molar-refractivity contribution in [3.63, 3.8) is 0 Å². The normalized spacial score (nSPS) is 21.5. The van der Waals surface area contributed by atoms with Crippen LogP contribution < -0.4 is 5.32 Å². The largest absolute Gasteiger partial charge is 0.453 e. The summed E-state index contributed by atoms with van der Waals surface area (Å²) in [5, 5.41) is 11.1. The van der Waals surface area contributed by atoms with Gasteiger partial charge in [0.25, 0.3) is 0 Å². The summed E-state index contributed by atoms with van der Waals surface area (Å²) in [7, 11) is 1.19. The van der Waals surface area contributed by atoms with Gasteiger partial charge in [-0.2, -0.15) is 0 Å². The minimum absolute atomic E-state index is 0.0453. The molecule has 1 atom stereocenters. The van der Waals surface area contributed by atoms with E-state index in [1.807, 2.05) is 0 Å². The van der Waals surface area contributed by atoms with Crippen molar-refractivity contribution in [2.24, 2.45) is 0 Å². The first kappa shape index (κ1) is 12.9. The van der Waals surface area contributed by atoms with Crippen molar-refractivity contribution in [2.75, 3.05) is 40.0 Å². The highest BCUT2D eigenvalue weighted by molar-refractivity contribution is 5.92. The number of morpholine rings is 1. The molecule has 7 heteroatoms. The monoisotopic (exact) mass is 232 g/mol. The summed E-state index contributed by atoms with van der Waals surface area (Å²) in [5.41, 5.74) is 0. The number of rotatable bonds is 3. The number of ether oxygens (including phenoxy) is 2. The maximum atomic E-state index is 11.4. The van der Waals surface area contributed by atoms with Crippen LogP contribution in [-0.4, -0.2) is 68.1 Å². The van der Waals surface area contributed by atoms with Crippen molar-refractivity contribution >= 4 is 12.0 Å². The first-order chi connectivity index (χ1) is 7.67. The van der Waals surface area contributed by atoms with Gasteiger partial charge in [0.15, 0.2) is 0 Å². The molecule has 1 fully saturated rings. The van der Waals surface area contributed by atoms with Gasteiger partial charge in [-0.25, -0.2) is 4.79 Å². The summed E-state index contributed by atoms with van der Waals surface area (Å²) < 4.78 is 9.46. The molecule has 2 N–H and O–H groups in total. The van der Waals surface area contributed by atoms with E-state index in [0.29, 0.717) is 19.8 Å². The van der Waals surface area contributed by atoms with Crippen LogP contribution in [0.2, 0.25) is 0 Å². The lowest BCUT2D eigenvalue weighted by molar-refractivity contribution is -0.124. The second-order valence-electron chi connectivity index (χ2n) is 3.42. The second-order valence-corrected chi connectivity index (χ2v) is 3.42. The summed E-state index contributed by atoms with van der Waals surface area (Å²) >= 11 is 0. The highest BCUT2D eigenvalue weighted by Gasteiger charge is 2.24. The van der Waals surface area contributed by atoms with Crippen molar-refractivity contribution < 1.29 is 24.2 Å². The van der Waals surface area contributed by atoms with Gasteiger partial charge in [0.05, 0.1) is 39.5 Å². The topological polar surface area (TPSA) is 88.1 Å². The van der Waals surface area contributed by atoms with Crippen molar-refractivity contribution in [3.8, 4) is 0 Å². The summed E-state index contributed by atoms with van der Waals surface area (Å²) in [6.45, 7) is 1.43. The van der Waals surface area contributed by atoms with Gasteiger partial charge in [0.1, 0.15) is 0 Å². The predicted molar refractivity (Wildman–Crippen MR) is 53.8 cm³/mol. The van der Waals surface area contributed by atoms with E-state index in [1.54, 1.807) is 4.90 Å². The summed E-state index contributed by atoms with van der Waals surface area (Å²) in [6, 6.07) is -0.197. The number of nitrogens with one attached hydrogen (secondary N) is 1. The molecule has 0 spiro atoms. The Morgan fingerprint density at radius 2 is 2.38 bits per heavy atom. The number of hydrogen-bond donors (Lipinski definition) is 2. The third-order valence-electron chi connectivity index (χ3n) is 2.33. The molecule has 1 unspecified atom stereocenters. The van der Waals surface area contributed by atoms with Crippen LogP contribution in [0.4, 0.5) is 4.79 Å². The second kappa shape index (κ2) is 6.41. The van der Waals surface area contributed by atoms with E-state index in [1.165, 1.54) is 7.11 Å². The number of methoxy groups -OCH3 is 1. The Morgan fingerprint density at radius 3 is 3.00 bits per heavy atom. The molecule has 0 aromatic heterocycles. The van der Waals surface area contributed by atoms with Crippen LogP contribution in [0.1, 0.15) is 0 Å². The van der Waals surface area contributed by atoms with Crippen LogP contribution in [-0.2, 0) is 14.3 Å². The van der Waals surface area contributed by atoms with E-state index in [2.05, 4.69) is 10.1 Å². The van der Waals surface area contributed by atoms with Gasteiger partial charge in [0, 0.05) is 6.54 Å². The highest BCUT2D eigenvalue weighted by atomic mass is 16.5. The number of carbonyl (C=O) groups is 2. The molecule has 92 valence electrons. The van der Waals surface area contributed by atoms with Gasteiger partial charge < -0.3 is 14.6 Å². The smallest absolute Gasteiger partial charge is 0.413 e. The number of nitrogens with zero attached hydrogens (tertiary/aromatic N) is 1. The maximum Gasteiger partial charge on any atom is 0.413 e. The van der Waals surface area contributed by atoms with Crippen LogP contribution in [0.15, 0.2) is 0 Å². The maximum absolute atomic E-state index is 11.4. The van der Waals surface area contributed by atoms with E-state index in [4.69, 9.17) is 9.84 Å². The molecule has 0 bridgehead atoms. The molecule has 1 aliphatic rings. The van der Waals surface area contributed by atoms with Crippen molar-refractivity contribution in [3.05, 3.63) is 0 Å². The van der Waals surface area contributed by atoms with Crippen LogP contribution in [0.5, 0.6) is 0 Å². The SMILES string of the molecule is COC(=O)NC(=O)CN1CCOCC1CO. The zero-order valence-corrected chi connectivity index (χ0v) is 9.14. The Kier molecular flexibility index (Phi) is 5.17. The van der Waals surface area contributed by atoms with Gasteiger partial charge in [-0.15, -0.1) is 0 Å². The Labute approximate surface area is 93.3 Å². The minimum Gasteiger partial charge on any atom is -0.453 e. The van der Waals surface area contributed by atoms with Crippen LogP contribution in [0, 0.1) is 0 Å². The quantitative estimate of drug-likeness (QED) is 0.619. The van der Waals surface area contributed by atoms with Crippen LogP contribution in [0.3, 0.4) is 0 Å². The summed E-state index contributed by atoms with van der Waals surface area (Å²) in [4.78, 5) is 23.9. The number of aliphatic hydroxyl groups is 1. The van der Waals surface area contributed by atoms with Gasteiger partial charge in [-0.1, -0.05) is 0 Å². The van der Waals surface area contributed by atoms with E-state index in [-0.39, 0.29) is 19.2 Å². The number of carbonyl (C=O) groups excluding carboxylic acids is 2. The van der Waals surface area contributed by atoms with Gasteiger partial charge in [0.2, 0.25) is 5.91 Å². The molecule has 1 saturated heterocycles. The van der Waals surface area contributed by atoms with E-state index in [0.717, 1.165) is 0 Å². The average Bonchev–Trinajstić information content (AvgIpc) is 2.29. The lowest BCUT2D eigenvalue weighted by Crippen LogP contribution is -2.51. The Balaban J connectivity index is 2.39. The van der Waals surface area contributed by atoms with Crippen molar-refractivity contribution in [2.45, 2.75) is 6.04 Å². The van der Waals surface area contributed by atoms with Gasteiger partial charge in [-0.3, -0.25) is 15.0 Å². The molecular weight excluding hydrogens is 216 g/mol. The lowest BCUT2D eigenvalue weighted by atomic mass is 10.2. The molecule has 0 radical (unpaired) electrons. The molecule has 0 aliphatic carbocycles. The molecule has 0 aromatic carbocycles. The number of amides is 2.